The van der Waals surface area contributed by atoms with Crippen molar-refractivity contribution in [3.63, 3.8) is 0 Å². The molecule has 0 spiro atoms. The van der Waals surface area contributed by atoms with Gasteiger partial charge in [-0.25, -0.2) is 0 Å². The lowest BCUT2D eigenvalue weighted by Gasteiger charge is -2.32. The Labute approximate surface area is 113 Å². The van der Waals surface area contributed by atoms with Crippen LogP contribution in [0.2, 0.25) is 0 Å². The Morgan fingerprint density at radius 1 is 1.16 bits per heavy atom. The van der Waals surface area contributed by atoms with E-state index in [1.54, 1.807) is 4.90 Å². The zero-order valence-corrected chi connectivity index (χ0v) is 11.3. The number of anilines is 1. The predicted octanol–water partition coefficient (Wildman–Crippen LogP) is 0.381. The van der Waals surface area contributed by atoms with Gasteiger partial charge in [0.1, 0.15) is 0 Å². The van der Waals surface area contributed by atoms with Crippen LogP contribution < -0.4 is 10.6 Å². The van der Waals surface area contributed by atoms with Gasteiger partial charge in [-0.15, -0.1) is 0 Å². The van der Waals surface area contributed by atoms with Gasteiger partial charge in [-0.1, -0.05) is 12.1 Å². The molecule has 1 fully saturated rings. The number of carbonyl (C=O) groups excluding carboxylic acids is 2. The molecular weight excluding hydrogens is 242 g/mol. The van der Waals surface area contributed by atoms with Crippen molar-refractivity contribution in [2.24, 2.45) is 5.73 Å². The summed E-state index contributed by atoms with van der Waals surface area (Å²) in [6.45, 7) is 2.45. The van der Waals surface area contributed by atoms with Gasteiger partial charge >= 0.3 is 0 Å². The van der Waals surface area contributed by atoms with E-state index in [9.17, 15) is 9.59 Å². The molecule has 1 aliphatic heterocycles. The van der Waals surface area contributed by atoms with Crippen LogP contribution in [-0.4, -0.2) is 42.9 Å². The second-order valence-electron chi connectivity index (χ2n) is 5.05. The van der Waals surface area contributed by atoms with E-state index < -0.39 is 0 Å². The first-order valence-corrected chi connectivity index (χ1v) is 6.36. The van der Waals surface area contributed by atoms with Gasteiger partial charge < -0.3 is 10.6 Å². The quantitative estimate of drug-likeness (QED) is 0.799. The number of piperazine rings is 1. The van der Waals surface area contributed by atoms with Gasteiger partial charge in [0.15, 0.2) is 0 Å². The molecule has 1 aromatic rings. The lowest BCUT2D eigenvalue weighted by atomic mass is 10.1. The van der Waals surface area contributed by atoms with E-state index in [2.05, 4.69) is 0 Å². The average molecular weight is 261 g/mol. The Morgan fingerprint density at radius 3 is 2.16 bits per heavy atom. The summed E-state index contributed by atoms with van der Waals surface area (Å²) in [7, 11) is 1.52. The highest BCUT2D eigenvalue weighted by atomic mass is 16.2. The van der Waals surface area contributed by atoms with Crippen LogP contribution in [-0.2, 0) is 16.0 Å². The summed E-state index contributed by atoms with van der Waals surface area (Å²) < 4.78 is 0. The molecule has 2 N–H and O–H groups in total. The fourth-order valence-corrected chi connectivity index (χ4v) is 2.13. The van der Waals surface area contributed by atoms with Gasteiger partial charge in [0, 0.05) is 18.8 Å². The highest BCUT2D eigenvalue weighted by Gasteiger charge is 2.27. The number of amides is 2. The van der Waals surface area contributed by atoms with Crippen molar-refractivity contribution in [2.45, 2.75) is 19.4 Å². The molecule has 0 radical (unpaired) electrons. The number of nitrogens with zero attached hydrogens (tertiary/aromatic N) is 2. The normalized spacial score (nSPS) is 17.8. The van der Waals surface area contributed by atoms with Gasteiger partial charge in [-0.2, -0.15) is 0 Å². The van der Waals surface area contributed by atoms with Gasteiger partial charge in [-0.3, -0.25) is 14.5 Å². The molecule has 0 aliphatic carbocycles. The summed E-state index contributed by atoms with van der Waals surface area (Å²) in [5.41, 5.74) is 7.80. The first-order valence-electron chi connectivity index (χ1n) is 6.36. The van der Waals surface area contributed by atoms with Gasteiger partial charge in [0.2, 0.25) is 11.8 Å². The third-order valence-corrected chi connectivity index (χ3v) is 3.26. The predicted molar refractivity (Wildman–Crippen MR) is 73.8 cm³/mol. The van der Waals surface area contributed by atoms with E-state index >= 15 is 0 Å². The molecule has 1 atom stereocenters. The number of hydrogen-bond acceptors (Lipinski definition) is 4. The van der Waals surface area contributed by atoms with Crippen LogP contribution in [0, 0.1) is 0 Å². The molecule has 5 heteroatoms. The van der Waals surface area contributed by atoms with Crippen molar-refractivity contribution < 1.29 is 9.59 Å². The SMILES string of the molecule is CC(N)Cc1ccc(N2CC(=O)N(C)C(=O)C2)cc1. The van der Waals surface area contributed by atoms with Crippen molar-refractivity contribution in [2.75, 3.05) is 25.0 Å². The van der Waals surface area contributed by atoms with Crippen molar-refractivity contribution >= 4 is 17.5 Å². The van der Waals surface area contributed by atoms with Crippen LogP contribution in [0.3, 0.4) is 0 Å². The number of benzene rings is 1. The molecule has 2 rings (SSSR count). The number of nitrogens with two attached hydrogens (primary N) is 1. The van der Waals surface area contributed by atoms with E-state index in [1.165, 1.54) is 11.9 Å². The monoisotopic (exact) mass is 261 g/mol. The number of hydrogen-bond donors (Lipinski definition) is 1. The second-order valence-corrected chi connectivity index (χ2v) is 5.05. The van der Waals surface area contributed by atoms with E-state index in [-0.39, 0.29) is 30.9 Å². The van der Waals surface area contributed by atoms with Crippen molar-refractivity contribution in [3.8, 4) is 0 Å². The smallest absolute Gasteiger partial charge is 0.248 e. The van der Waals surface area contributed by atoms with Crippen LogP contribution in [0.15, 0.2) is 24.3 Å². The minimum absolute atomic E-state index is 0.123. The third-order valence-electron chi connectivity index (χ3n) is 3.26. The lowest BCUT2D eigenvalue weighted by molar-refractivity contribution is -0.143. The largest absolute Gasteiger partial charge is 0.353 e. The van der Waals surface area contributed by atoms with Crippen molar-refractivity contribution in [3.05, 3.63) is 29.8 Å². The van der Waals surface area contributed by atoms with Gasteiger partial charge in [0.05, 0.1) is 13.1 Å². The molecule has 1 saturated heterocycles. The Hall–Kier alpha value is -1.88. The summed E-state index contributed by atoms with van der Waals surface area (Å²) in [5.74, 6) is -0.341. The molecular formula is C14H19N3O2. The molecule has 0 aromatic heterocycles. The van der Waals surface area contributed by atoms with Crippen LogP contribution >= 0.6 is 0 Å². The number of imide groups is 1. The molecule has 1 heterocycles. The molecule has 2 amide bonds. The molecule has 102 valence electrons. The molecule has 19 heavy (non-hydrogen) atoms. The van der Waals surface area contributed by atoms with Gasteiger partial charge in [-0.05, 0) is 31.0 Å². The Bertz CT molecular complexity index is 464. The number of likely N-dealkylation sites (N-methyl/N-ethyl adjacent to an activating group) is 1. The maximum Gasteiger partial charge on any atom is 0.248 e. The number of carbonyl (C=O) groups is 2. The minimum atomic E-state index is -0.170. The molecule has 0 saturated carbocycles. The summed E-state index contributed by atoms with van der Waals surface area (Å²) in [4.78, 5) is 26.3. The maximum absolute atomic E-state index is 11.6. The fourth-order valence-electron chi connectivity index (χ4n) is 2.13. The molecule has 1 aliphatic rings. The van der Waals surface area contributed by atoms with E-state index in [0.717, 1.165) is 17.7 Å². The van der Waals surface area contributed by atoms with Gasteiger partial charge in [0.25, 0.3) is 0 Å². The molecule has 1 unspecified atom stereocenters. The first kappa shape index (κ1) is 13.5. The summed E-state index contributed by atoms with van der Waals surface area (Å²) in [5, 5.41) is 0. The number of rotatable bonds is 3. The summed E-state index contributed by atoms with van der Waals surface area (Å²) in [6, 6.07) is 7.98. The molecule has 1 aromatic carbocycles. The summed E-state index contributed by atoms with van der Waals surface area (Å²) in [6.07, 6.45) is 0.820. The summed E-state index contributed by atoms with van der Waals surface area (Å²) >= 11 is 0. The zero-order chi connectivity index (χ0) is 14.0. The van der Waals surface area contributed by atoms with Crippen LogP contribution in [0.1, 0.15) is 12.5 Å². The van der Waals surface area contributed by atoms with Crippen LogP contribution in [0.5, 0.6) is 0 Å². The van der Waals surface area contributed by atoms with E-state index in [0.29, 0.717) is 0 Å². The zero-order valence-electron chi connectivity index (χ0n) is 11.3. The average Bonchev–Trinajstić information content (AvgIpc) is 2.35. The topological polar surface area (TPSA) is 66.6 Å². The second kappa shape index (κ2) is 5.40. The maximum atomic E-state index is 11.6. The highest BCUT2D eigenvalue weighted by Crippen LogP contribution is 2.18. The molecule has 5 nitrogen and oxygen atoms in total. The Balaban J connectivity index is 2.10. The third kappa shape index (κ3) is 3.12. The Kier molecular flexibility index (Phi) is 3.85. The standard InChI is InChI=1S/C14H19N3O2/c1-10(15)7-11-3-5-12(6-4-11)17-8-13(18)16(2)14(19)9-17/h3-6,10H,7-9,15H2,1-2H3. The first-order chi connectivity index (χ1) is 8.97. The van der Waals surface area contributed by atoms with Crippen LogP contribution in [0.4, 0.5) is 5.69 Å². The van der Waals surface area contributed by atoms with Crippen LogP contribution in [0.25, 0.3) is 0 Å². The van der Waals surface area contributed by atoms with Crippen molar-refractivity contribution in [1.82, 2.24) is 4.90 Å². The minimum Gasteiger partial charge on any atom is -0.353 e. The van der Waals surface area contributed by atoms with Crippen molar-refractivity contribution in [1.29, 1.82) is 0 Å². The van der Waals surface area contributed by atoms with E-state index in [4.69, 9.17) is 5.73 Å². The molecule has 0 bridgehead atoms. The fraction of sp³-hybridized carbons (Fsp3) is 0.429. The van der Waals surface area contributed by atoms with E-state index in [1.807, 2.05) is 31.2 Å². The lowest BCUT2D eigenvalue weighted by Crippen LogP contribution is -2.52. The highest BCUT2D eigenvalue weighted by molar-refractivity contribution is 6.02. The Morgan fingerprint density at radius 2 is 1.68 bits per heavy atom.